The Hall–Kier alpha value is -2.51. The van der Waals surface area contributed by atoms with Gasteiger partial charge in [0.2, 0.25) is 0 Å². The average Bonchev–Trinajstić information content (AvgIpc) is 3.10. The van der Waals surface area contributed by atoms with E-state index in [2.05, 4.69) is 0 Å². The second kappa shape index (κ2) is 9.16. The van der Waals surface area contributed by atoms with Crippen LogP contribution in [0.3, 0.4) is 0 Å². The van der Waals surface area contributed by atoms with Crippen molar-refractivity contribution in [3.8, 4) is 17.0 Å². The van der Waals surface area contributed by atoms with Crippen LogP contribution in [0.2, 0.25) is 10.0 Å². The van der Waals surface area contributed by atoms with Gasteiger partial charge in [-0.1, -0.05) is 71.7 Å². The molecule has 0 N–H and O–H groups in total. The summed E-state index contributed by atoms with van der Waals surface area (Å²) >= 11 is 12.9. The number of likely N-dealkylation sites (N-methyl/N-ethyl adjacent to an activating group) is 1. The highest BCUT2D eigenvalue weighted by molar-refractivity contribution is 7.90. The molecule has 0 aliphatic rings. The number of fused-ring (bicyclic) bond motifs is 1. The molecule has 0 fully saturated rings. The van der Waals surface area contributed by atoms with Crippen LogP contribution in [0.4, 0.5) is 0 Å². The molecule has 1 heterocycles. The zero-order chi connectivity index (χ0) is 22.9. The molecule has 0 aliphatic heterocycles. The molecule has 0 bridgehead atoms. The van der Waals surface area contributed by atoms with Gasteiger partial charge in [0.1, 0.15) is 12.3 Å². The van der Waals surface area contributed by atoms with Crippen LogP contribution in [0.5, 0.6) is 5.75 Å². The summed E-state index contributed by atoms with van der Waals surface area (Å²) in [5, 5.41) is 1.17. The van der Waals surface area contributed by atoms with Crippen molar-refractivity contribution in [2.45, 2.75) is 4.90 Å². The number of aromatic nitrogens is 1. The van der Waals surface area contributed by atoms with Crippen molar-refractivity contribution in [1.29, 1.82) is 0 Å². The van der Waals surface area contributed by atoms with Gasteiger partial charge in [-0.25, -0.2) is 12.4 Å². The van der Waals surface area contributed by atoms with Crippen LogP contribution < -0.4 is 4.74 Å². The second-order valence-electron chi connectivity index (χ2n) is 7.56. The summed E-state index contributed by atoms with van der Waals surface area (Å²) in [4.78, 5) is 2.14. The molecule has 4 aromatic rings. The van der Waals surface area contributed by atoms with E-state index < -0.39 is 10.0 Å². The predicted molar refractivity (Wildman–Crippen MR) is 130 cm³/mol. The molecule has 0 amide bonds. The molecule has 3 aromatic carbocycles. The van der Waals surface area contributed by atoms with Crippen molar-refractivity contribution in [2.24, 2.45) is 0 Å². The molecular weight excluding hydrogens is 467 g/mol. The van der Waals surface area contributed by atoms with Crippen LogP contribution in [0, 0.1) is 0 Å². The first-order chi connectivity index (χ1) is 15.3. The fraction of sp³-hybridized carbons (Fsp3) is 0.167. The van der Waals surface area contributed by atoms with Gasteiger partial charge in [0, 0.05) is 22.5 Å². The van der Waals surface area contributed by atoms with Crippen LogP contribution in [-0.4, -0.2) is 44.5 Å². The van der Waals surface area contributed by atoms with Gasteiger partial charge in [0.25, 0.3) is 10.0 Å². The monoisotopic (exact) mass is 488 g/mol. The SMILES string of the molecule is CN(C)CCOc1c(-c2ccccc2)n(S(=O)(=O)c2ccccc2)c2c(Cl)cc(Cl)cc12. The number of hydrogen-bond acceptors (Lipinski definition) is 4. The zero-order valence-corrected chi connectivity index (χ0v) is 20.0. The molecule has 5 nitrogen and oxygen atoms in total. The number of benzene rings is 3. The summed E-state index contributed by atoms with van der Waals surface area (Å²) in [6, 6.07) is 20.8. The predicted octanol–water partition coefficient (Wildman–Crippen LogP) is 5.79. The molecule has 0 aliphatic carbocycles. The van der Waals surface area contributed by atoms with Crippen molar-refractivity contribution in [3.05, 3.63) is 82.8 Å². The van der Waals surface area contributed by atoms with E-state index >= 15 is 0 Å². The highest BCUT2D eigenvalue weighted by atomic mass is 35.5. The first-order valence-corrected chi connectivity index (χ1v) is 12.2. The fourth-order valence-corrected chi connectivity index (χ4v) is 5.74. The summed E-state index contributed by atoms with van der Waals surface area (Å²) in [5.74, 6) is 0.428. The van der Waals surface area contributed by atoms with Crippen molar-refractivity contribution in [2.75, 3.05) is 27.2 Å². The Labute approximate surface area is 197 Å². The Kier molecular flexibility index (Phi) is 6.49. The Morgan fingerprint density at radius 1 is 0.938 bits per heavy atom. The van der Waals surface area contributed by atoms with Gasteiger partial charge in [-0.05, 0) is 38.4 Å². The molecule has 0 saturated carbocycles. The molecule has 166 valence electrons. The fourth-order valence-electron chi connectivity index (χ4n) is 3.54. The molecule has 8 heteroatoms. The Balaban J connectivity index is 2.10. The first kappa shape index (κ1) is 22.7. The third-order valence-corrected chi connectivity index (χ3v) is 7.23. The number of ether oxygens (including phenoxy) is 1. The maximum atomic E-state index is 13.9. The lowest BCUT2D eigenvalue weighted by molar-refractivity contribution is 0.264. The quantitative estimate of drug-likeness (QED) is 0.330. The lowest BCUT2D eigenvalue weighted by Crippen LogP contribution is -2.19. The highest BCUT2D eigenvalue weighted by Gasteiger charge is 2.30. The largest absolute Gasteiger partial charge is 0.489 e. The van der Waals surface area contributed by atoms with Gasteiger partial charge in [0.05, 0.1) is 15.4 Å². The normalized spacial score (nSPS) is 11.9. The topological polar surface area (TPSA) is 51.5 Å². The minimum absolute atomic E-state index is 0.153. The third-order valence-electron chi connectivity index (χ3n) is 5.01. The third kappa shape index (κ3) is 4.24. The van der Waals surface area contributed by atoms with E-state index in [0.29, 0.717) is 46.1 Å². The van der Waals surface area contributed by atoms with E-state index in [9.17, 15) is 8.42 Å². The van der Waals surface area contributed by atoms with E-state index in [1.54, 1.807) is 42.5 Å². The zero-order valence-electron chi connectivity index (χ0n) is 17.6. The van der Waals surface area contributed by atoms with Crippen LogP contribution >= 0.6 is 23.2 Å². The van der Waals surface area contributed by atoms with Gasteiger partial charge in [0.15, 0.2) is 5.75 Å². The van der Waals surface area contributed by atoms with Gasteiger partial charge >= 0.3 is 0 Å². The minimum atomic E-state index is -4.00. The van der Waals surface area contributed by atoms with Gasteiger partial charge in [-0.15, -0.1) is 0 Å². The standard InChI is InChI=1S/C24H22Cl2N2O3S/c1-27(2)13-14-31-24-20-15-18(25)16-21(26)23(20)28(22(24)17-9-5-3-6-10-17)32(29,30)19-11-7-4-8-12-19/h3-12,15-16H,13-14H2,1-2H3. The lowest BCUT2D eigenvalue weighted by Gasteiger charge is -2.15. The summed E-state index contributed by atoms with van der Waals surface area (Å²) in [6.07, 6.45) is 0. The maximum Gasteiger partial charge on any atom is 0.268 e. The minimum Gasteiger partial charge on any atom is -0.489 e. The smallest absolute Gasteiger partial charge is 0.268 e. The van der Waals surface area contributed by atoms with Crippen molar-refractivity contribution < 1.29 is 13.2 Å². The molecule has 0 radical (unpaired) electrons. The number of rotatable bonds is 7. The van der Waals surface area contributed by atoms with E-state index in [0.717, 1.165) is 0 Å². The molecule has 1 aromatic heterocycles. The Morgan fingerprint density at radius 2 is 1.56 bits per heavy atom. The van der Waals surface area contributed by atoms with E-state index in [1.165, 1.54) is 3.97 Å². The van der Waals surface area contributed by atoms with Gasteiger partial charge < -0.3 is 9.64 Å². The van der Waals surface area contributed by atoms with E-state index in [4.69, 9.17) is 27.9 Å². The van der Waals surface area contributed by atoms with Crippen molar-refractivity contribution in [3.63, 3.8) is 0 Å². The summed E-state index contributed by atoms with van der Waals surface area (Å²) in [7, 11) is -0.116. The Bertz CT molecular complexity index is 1350. The molecule has 0 saturated heterocycles. The van der Waals surface area contributed by atoms with E-state index in [1.807, 2.05) is 49.3 Å². The second-order valence-corrected chi connectivity index (χ2v) is 10.2. The molecular formula is C24H22Cl2N2O3S. The number of hydrogen-bond donors (Lipinski definition) is 0. The maximum absolute atomic E-state index is 13.9. The first-order valence-electron chi connectivity index (χ1n) is 9.97. The average molecular weight is 489 g/mol. The van der Waals surface area contributed by atoms with Gasteiger partial charge in [-0.2, -0.15) is 0 Å². The van der Waals surface area contributed by atoms with Crippen molar-refractivity contribution in [1.82, 2.24) is 8.87 Å². The number of halogens is 2. The van der Waals surface area contributed by atoms with E-state index in [-0.39, 0.29) is 9.92 Å². The van der Waals surface area contributed by atoms with Crippen molar-refractivity contribution >= 4 is 44.1 Å². The molecule has 32 heavy (non-hydrogen) atoms. The Morgan fingerprint density at radius 3 is 2.19 bits per heavy atom. The summed E-state index contributed by atoms with van der Waals surface area (Å²) in [5.41, 5.74) is 1.43. The van der Waals surface area contributed by atoms with Crippen LogP contribution in [0.15, 0.2) is 77.7 Å². The van der Waals surface area contributed by atoms with Gasteiger partial charge in [-0.3, -0.25) is 0 Å². The van der Waals surface area contributed by atoms with Crippen LogP contribution in [0.25, 0.3) is 22.2 Å². The molecule has 0 atom stereocenters. The lowest BCUT2D eigenvalue weighted by atomic mass is 10.1. The molecule has 4 rings (SSSR count). The highest BCUT2D eigenvalue weighted by Crippen LogP contribution is 2.45. The molecule has 0 spiro atoms. The molecule has 0 unspecified atom stereocenters. The van der Waals surface area contributed by atoms with Crippen LogP contribution in [0.1, 0.15) is 0 Å². The van der Waals surface area contributed by atoms with Crippen LogP contribution in [-0.2, 0) is 10.0 Å². The number of nitrogens with zero attached hydrogens (tertiary/aromatic N) is 2. The summed E-state index contributed by atoms with van der Waals surface area (Å²) < 4.78 is 35.2. The summed E-state index contributed by atoms with van der Waals surface area (Å²) in [6.45, 7) is 1.02.